The molecule has 4 rings (SSSR count). The molecule has 2 fully saturated rings. The summed E-state index contributed by atoms with van der Waals surface area (Å²) >= 11 is 0. The Bertz CT molecular complexity index is 890. The summed E-state index contributed by atoms with van der Waals surface area (Å²) in [5, 5.41) is 8.96. The summed E-state index contributed by atoms with van der Waals surface area (Å²) in [6.45, 7) is 6.06. The van der Waals surface area contributed by atoms with E-state index < -0.39 is 23.8 Å². The van der Waals surface area contributed by atoms with E-state index in [9.17, 15) is 19.2 Å². The Kier molecular flexibility index (Phi) is 4.60. The van der Waals surface area contributed by atoms with Crippen molar-refractivity contribution >= 4 is 23.6 Å². The Morgan fingerprint density at radius 3 is 2.57 bits per heavy atom. The minimum absolute atomic E-state index is 0.0284. The Hall–Kier alpha value is -2.84. The quantitative estimate of drug-likeness (QED) is 0.476. The molecule has 1 aromatic rings. The first-order valence-corrected chi connectivity index (χ1v) is 9.35. The van der Waals surface area contributed by atoms with Gasteiger partial charge in [0.1, 0.15) is 6.04 Å². The SMILES string of the molecule is C=CCC1(NCc2ccc3c(c2)C(=O)N(C2CCC(=O)NC2=O)C3=O)CNC1. The highest BCUT2D eigenvalue weighted by molar-refractivity contribution is 6.23. The number of rotatable bonds is 6. The number of carbonyl (C=O) groups excluding carboxylic acids is 4. The first-order valence-electron chi connectivity index (χ1n) is 9.35. The second-order valence-corrected chi connectivity index (χ2v) is 7.56. The van der Waals surface area contributed by atoms with Crippen molar-refractivity contribution in [2.45, 2.75) is 37.4 Å². The van der Waals surface area contributed by atoms with Crippen LogP contribution in [-0.2, 0) is 16.1 Å². The predicted octanol–water partition coefficient (Wildman–Crippen LogP) is 0.0955. The molecule has 3 N–H and O–H groups in total. The minimum atomic E-state index is -0.941. The van der Waals surface area contributed by atoms with Crippen LogP contribution < -0.4 is 16.0 Å². The van der Waals surface area contributed by atoms with Gasteiger partial charge in [-0.2, -0.15) is 0 Å². The van der Waals surface area contributed by atoms with Crippen LogP contribution in [0.25, 0.3) is 0 Å². The zero-order chi connectivity index (χ0) is 19.9. The van der Waals surface area contributed by atoms with E-state index in [2.05, 4.69) is 22.5 Å². The van der Waals surface area contributed by atoms with Gasteiger partial charge >= 0.3 is 0 Å². The van der Waals surface area contributed by atoms with Crippen LogP contribution in [0.4, 0.5) is 0 Å². The van der Waals surface area contributed by atoms with Gasteiger partial charge in [-0.05, 0) is 30.5 Å². The molecule has 2 saturated heterocycles. The van der Waals surface area contributed by atoms with Crippen molar-refractivity contribution in [3.63, 3.8) is 0 Å². The van der Waals surface area contributed by atoms with E-state index in [0.717, 1.165) is 30.0 Å². The topological polar surface area (TPSA) is 108 Å². The van der Waals surface area contributed by atoms with Crippen molar-refractivity contribution in [1.82, 2.24) is 20.9 Å². The molecule has 1 unspecified atom stereocenters. The maximum atomic E-state index is 12.9. The van der Waals surface area contributed by atoms with Gasteiger partial charge in [-0.25, -0.2) is 0 Å². The molecule has 28 heavy (non-hydrogen) atoms. The van der Waals surface area contributed by atoms with Gasteiger partial charge in [-0.15, -0.1) is 6.58 Å². The van der Waals surface area contributed by atoms with Crippen LogP contribution in [0.5, 0.6) is 0 Å². The van der Waals surface area contributed by atoms with Crippen molar-refractivity contribution in [1.29, 1.82) is 0 Å². The zero-order valence-corrected chi connectivity index (χ0v) is 15.4. The summed E-state index contributed by atoms with van der Waals surface area (Å²) in [5.41, 5.74) is 1.46. The van der Waals surface area contributed by atoms with Crippen LogP contribution in [-0.4, -0.2) is 53.2 Å². The van der Waals surface area contributed by atoms with Crippen LogP contribution in [0.3, 0.4) is 0 Å². The van der Waals surface area contributed by atoms with E-state index in [4.69, 9.17) is 0 Å². The zero-order valence-electron chi connectivity index (χ0n) is 15.4. The van der Waals surface area contributed by atoms with E-state index in [1.54, 1.807) is 12.1 Å². The molecular formula is C20H22N4O4. The fourth-order valence-electron chi connectivity index (χ4n) is 3.96. The number of hydrogen-bond donors (Lipinski definition) is 3. The van der Waals surface area contributed by atoms with Crippen molar-refractivity contribution in [3.8, 4) is 0 Å². The average molecular weight is 382 g/mol. The van der Waals surface area contributed by atoms with Gasteiger partial charge in [0.05, 0.1) is 11.1 Å². The van der Waals surface area contributed by atoms with Gasteiger partial charge in [0.25, 0.3) is 11.8 Å². The number of amides is 4. The van der Waals surface area contributed by atoms with Crippen molar-refractivity contribution in [2.24, 2.45) is 0 Å². The van der Waals surface area contributed by atoms with Gasteiger partial charge in [0, 0.05) is 31.6 Å². The molecule has 0 radical (unpaired) electrons. The van der Waals surface area contributed by atoms with Gasteiger partial charge in [-0.3, -0.25) is 29.4 Å². The van der Waals surface area contributed by atoms with Gasteiger partial charge < -0.3 is 10.6 Å². The molecule has 4 amide bonds. The molecule has 0 saturated carbocycles. The van der Waals surface area contributed by atoms with E-state index >= 15 is 0 Å². The summed E-state index contributed by atoms with van der Waals surface area (Å²) in [5.74, 6) is -1.95. The molecule has 1 atom stereocenters. The highest BCUT2D eigenvalue weighted by Gasteiger charge is 2.44. The van der Waals surface area contributed by atoms with Crippen molar-refractivity contribution < 1.29 is 19.2 Å². The minimum Gasteiger partial charge on any atom is -0.313 e. The van der Waals surface area contributed by atoms with Gasteiger partial charge in [0.2, 0.25) is 11.8 Å². The first kappa shape index (κ1) is 18.5. The number of imide groups is 2. The van der Waals surface area contributed by atoms with Crippen LogP contribution in [0.1, 0.15) is 45.5 Å². The van der Waals surface area contributed by atoms with E-state index in [1.165, 1.54) is 0 Å². The normalized spacial score (nSPS) is 23.3. The Morgan fingerprint density at radius 1 is 1.18 bits per heavy atom. The predicted molar refractivity (Wildman–Crippen MR) is 100 cm³/mol. The largest absolute Gasteiger partial charge is 0.313 e. The Morgan fingerprint density at radius 2 is 1.93 bits per heavy atom. The maximum absolute atomic E-state index is 12.9. The van der Waals surface area contributed by atoms with Crippen LogP contribution in [0.15, 0.2) is 30.9 Å². The average Bonchev–Trinajstić information content (AvgIpc) is 2.88. The lowest BCUT2D eigenvalue weighted by Gasteiger charge is -2.43. The number of hydrogen-bond acceptors (Lipinski definition) is 6. The number of nitrogens with zero attached hydrogens (tertiary/aromatic N) is 1. The van der Waals surface area contributed by atoms with Crippen molar-refractivity contribution in [3.05, 3.63) is 47.5 Å². The monoisotopic (exact) mass is 382 g/mol. The third-order valence-corrected chi connectivity index (χ3v) is 5.63. The molecule has 1 aromatic carbocycles. The molecule has 0 aromatic heterocycles. The number of carbonyl (C=O) groups is 4. The van der Waals surface area contributed by atoms with E-state index in [0.29, 0.717) is 17.7 Å². The van der Waals surface area contributed by atoms with Gasteiger partial charge in [0.15, 0.2) is 0 Å². The highest BCUT2D eigenvalue weighted by Crippen LogP contribution is 2.28. The fraction of sp³-hybridized carbons (Fsp3) is 0.400. The number of benzene rings is 1. The molecule has 3 aliphatic heterocycles. The molecule has 0 bridgehead atoms. The van der Waals surface area contributed by atoms with Crippen LogP contribution >= 0.6 is 0 Å². The van der Waals surface area contributed by atoms with E-state index in [1.807, 2.05) is 12.1 Å². The number of piperidine rings is 1. The van der Waals surface area contributed by atoms with Crippen LogP contribution in [0.2, 0.25) is 0 Å². The molecule has 8 heteroatoms. The summed E-state index contributed by atoms with van der Waals surface area (Å²) in [7, 11) is 0. The van der Waals surface area contributed by atoms with E-state index in [-0.39, 0.29) is 24.3 Å². The maximum Gasteiger partial charge on any atom is 0.262 e. The lowest BCUT2D eigenvalue weighted by Crippen LogP contribution is -2.67. The second kappa shape index (κ2) is 6.96. The molecule has 3 aliphatic rings. The summed E-state index contributed by atoms with van der Waals surface area (Å²) in [4.78, 5) is 50.0. The Labute approximate surface area is 162 Å². The molecule has 8 nitrogen and oxygen atoms in total. The third-order valence-electron chi connectivity index (χ3n) is 5.63. The fourth-order valence-corrected chi connectivity index (χ4v) is 3.96. The summed E-state index contributed by atoms with van der Waals surface area (Å²) < 4.78 is 0. The second-order valence-electron chi connectivity index (χ2n) is 7.56. The third kappa shape index (κ3) is 3.04. The molecule has 0 aliphatic carbocycles. The summed E-state index contributed by atoms with van der Waals surface area (Å²) in [6.07, 6.45) is 2.99. The van der Waals surface area contributed by atoms with Crippen molar-refractivity contribution in [2.75, 3.05) is 13.1 Å². The first-order chi connectivity index (χ1) is 13.4. The lowest BCUT2D eigenvalue weighted by atomic mass is 9.88. The standard InChI is InChI=1S/C20H22N4O4/c1-2-7-20(10-21-11-20)22-9-12-3-4-13-14(8-12)19(28)24(18(13)27)15-5-6-16(25)23-17(15)26/h2-4,8,15,21-22H,1,5-7,9-11H2,(H,23,25,26). The number of nitrogens with one attached hydrogen (secondary N) is 3. The number of fused-ring (bicyclic) bond motifs is 1. The smallest absolute Gasteiger partial charge is 0.262 e. The van der Waals surface area contributed by atoms with Gasteiger partial charge in [-0.1, -0.05) is 12.1 Å². The molecule has 146 valence electrons. The Balaban J connectivity index is 1.52. The lowest BCUT2D eigenvalue weighted by molar-refractivity contribution is -0.136. The highest BCUT2D eigenvalue weighted by atomic mass is 16.2. The van der Waals surface area contributed by atoms with Crippen LogP contribution in [0, 0.1) is 0 Å². The molecule has 3 heterocycles. The summed E-state index contributed by atoms with van der Waals surface area (Å²) in [6, 6.07) is 4.22. The molecular weight excluding hydrogens is 360 g/mol. The molecule has 0 spiro atoms.